The molecule has 0 N–H and O–H groups in total. The number of unbranched alkanes of at least 4 members (excludes halogenated alkanes) is 25. The molecular formula is C64H108O6. The van der Waals surface area contributed by atoms with Crippen LogP contribution < -0.4 is 0 Å². The molecule has 0 spiro atoms. The van der Waals surface area contributed by atoms with E-state index in [4.69, 9.17) is 14.2 Å². The van der Waals surface area contributed by atoms with E-state index in [2.05, 4.69) is 118 Å². The van der Waals surface area contributed by atoms with Crippen LogP contribution in [0.2, 0.25) is 0 Å². The molecule has 0 aliphatic rings. The van der Waals surface area contributed by atoms with Gasteiger partial charge in [-0.15, -0.1) is 0 Å². The zero-order valence-electron chi connectivity index (χ0n) is 45.8. The first-order valence-corrected chi connectivity index (χ1v) is 29.2. The van der Waals surface area contributed by atoms with Crippen molar-refractivity contribution in [2.24, 2.45) is 0 Å². The lowest BCUT2D eigenvalue weighted by molar-refractivity contribution is -0.167. The third-order valence-electron chi connectivity index (χ3n) is 12.3. The van der Waals surface area contributed by atoms with Crippen LogP contribution in [-0.2, 0) is 28.6 Å². The van der Waals surface area contributed by atoms with E-state index in [-0.39, 0.29) is 37.5 Å². The lowest BCUT2D eigenvalue weighted by Crippen LogP contribution is -2.30. The summed E-state index contributed by atoms with van der Waals surface area (Å²) in [4.78, 5) is 38.2. The van der Waals surface area contributed by atoms with Crippen molar-refractivity contribution in [2.45, 2.75) is 277 Å². The minimum atomic E-state index is -0.813. The number of rotatable bonds is 52. The van der Waals surface area contributed by atoms with Gasteiger partial charge in [0.25, 0.3) is 0 Å². The summed E-state index contributed by atoms with van der Waals surface area (Å²) in [5, 5.41) is 0. The van der Waals surface area contributed by atoms with Gasteiger partial charge < -0.3 is 14.2 Å². The number of esters is 3. The first-order valence-electron chi connectivity index (χ1n) is 29.2. The number of allylic oxidation sites excluding steroid dienone is 16. The Hall–Kier alpha value is -3.67. The summed E-state index contributed by atoms with van der Waals surface area (Å²) in [7, 11) is 0. The van der Waals surface area contributed by atoms with E-state index >= 15 is 0 Å². The van der Waals surface area contributed by atoms with Crippen LogP contribution in [0.4, 0.5) is 0 Å². The van der Waals surface area contributed by atoms with Gasteiger partial charge in [-0.3, -0.25) is 14.4 Å². The fraction of sp³-hybridized carbons (Fsp3) is 0.703. The molecule has 0 aromatic heterocycles. The molecule has 1 atom stereocenters. The maximum atomic E-state index is 12.8. The predicted octanol–water partition coefficient (Wildman–Crippen LogP) is 19.7. The van der Waals surface area contributed by atoms with Gasteiger partial charge in [-0.2, -0.15) is 0 Å². The Morgan fingerprint density at radius 2 is 0.571 bits per heavy atom. The normalized spacial score (nSPS) is 12.8. The molecule has 0 aromatic carbocycles. The Labute approximate surface area is 432 Å². The smallest absolute Gasteiger partial charge is 0.306 e. The first-order chi connectivity index (χ1) is 34.5. The molecule has 0 aromatic rings. The molecule has 1 unspecified atom stereocenters. The van der Waals surface area contributed by atoms with E-state index in [9.17, 15) is 14.4 Å². The van der Waals surface area contributed by atoms with Gasteiger partial charge >= 0.3 is 17.9 Å². The highest BCUT2D eigenvalue weighted by Gasteiger charge is 2.19. The molecule has 0 fully saturated rings. The van der Waals surface area contributed by atoms with Gasteiger partial charge in [0.2, 0.25) is 0 Å². The van der Waals surface area contributed by atoms with E-state index in [1.54, 1.807) is 0 Å². The summed E-state index contributed by atoms with van der Waals surface area (Å²) in [5.41, 5.74) is 0. The van der Waals surface area contributed by atoms with Gasteiger partial charge in [0.15, 0.2) is 6.10 Å². The highest BCUT2D eigenvalue weighted by atomic mass is 16.6. The van der Waals surface area contributed by atoms with Crippen molar-refractivity contribution in [2.75, 3.05) is 13.2 Å². The SMILES string of the molecule is CC/C=C\C/C=C\C/C=C\C/C=C\C/C=C\CCCC(=O)OC(COC(=O)CCCCCCCC/C=C\C/C=C\C/C=C\CCCCCCC)COC(=O)CCCCCCCCCCCCCCCC. The number of hydrogen-bond acceptors (Lipinski definition) is 6. The largest absolute Gasteiger partial charge is 0.462 e. The molecule has 70 heavy (non-hydrogen) atoms. The van der Waals surface area contributed by atoms with E-state index in [1.165, 1.54) is 122 Å². The molecule has 0 radical (unpaired) electrons. The maximum absolute atomic E-state index is 12.8. The van der Waals surface area contributed by atoms with Crippen molar-refractivity contribution < 1.29 is 28.6 Å². The van der Waals surface area contributed by atoms with Crippen molar-refractivity contribution in [3.05, 3.63) is 97.2 Å². The lowest BCUT2D eigenvalue weighted by atomic mass is 10.0. The third-order valence-corrected chi connectivity index (χ3v) is 12.3. The quantitative estimate of drug-likeness (QED) is 0.0262. The van der Waals surface area contributed by atoms with Crippen LogP contribution in [0, 0.1) is 0 Å². The molecular weight excluding hydrogens is 865 g/mol. The zero-order chi connectivity index (χ0) is 50.7. The average Bonchev–Trinajstić information content (AvgIpc) is 3.36. The van der Waals surface area contributed by atoms with Crippen molar-refractivity contribution in [3.8, 4) is 0 Å². The highest BCUT2D eigenvalue weighted by Crippen LogP contribution is 2.15. The minimum Gasteiger partial charge on any atom is -0.462 e. The van der Waals surface area contributed by atoms with Crippen LogP contribution in [0.5, 0.6) is 0 Å². The van der Waals surface area contributed by atoms with Gasteiger partial charge in [0.1, 0.15) is 13.2 Å². The summed E-state index contributed by atoms with van der Waals surface area (Å²) in [6.07, 6.45) is 76.9. The van der Waals surface area contributed by atoms with Crippen LogP contribution in [-0.4, -0.2) is 37.2 Å². The standard InChI is InChI=1S/C64H108O6/c1-4-7-10-13-16-19-22-25-28-30-31-32-33-35-36-39-42-45-48-51-54-57-63(66)69-60-61(59-68-62(65)56-53-50-47-44-41-38-27-24-21-18-15-12-9-6-3)70-64(67)58-55-52-49-46-43-40-37-34-29-26-23-20-17-14-11-8-5-2/h8,11,17,20,22,25-26,29-31,33,35,37,40,46,49,61H,4-7,9-10,12-16,18-19,21,23-24,27-28,32,34,36,38-39,41-45,47-48,50-60H2,1-3H3/b11-8-,20-17-,25-22-,29-26-,31-30-,35-33-,40-37-,49-46-. The Morgan fingerprint density at radius 3 is 0.914 bits per heavy atom. The average molecular weight is 974 g/mol. The molecule has 6 nitrogen and oxygen atoms in total. The van der Waals surface area contributed by atoms with E-state index in [0.717, 1.165) is 103 Å². The topological polar surface area (TPSA) is 78.9 Å². The van der Waals surface area contributed by atoms with Crippen molar-refractivity contribution >= 4 is 17.9 Å². The monoisotopic (exact) mass is 973 g/mol. The Kier molecular flexibility index (Phi) is 54.9. The maximum Gasteiger partial charge on any atom is 0.306 e. The van der Waals surface area contributed by atoms with Gasteiger partial charge in [-0.25, -0.2) is 0 Å². The van der Waals surface area contributed by atoms with Gasteiger partial charge in [0, 0.05) is 19.3 Å². The predicted molar refractivity (Wildman–Crippen MR) is 302 cm³/mol. The summed E-state index contributed by atoms with van der Waals surface area (Å²) < 4.78 is 16.8. The van der Waals surface area contributed by atoms with Crippen molar-refractivity contribution in [1.82, 2.24) is 0 Å². The van der Waals surface area contributed by atoms with Crippen LogP contribution in [0.1, 0.15) is 271 Å². The molecule has 0 saturated heterocycles. The molecule has 0 rings (SSSR count). The van der Waals surface area contributed by atoms with Crippen molar-refractivity contribution in [3.63, 3.8) is 0 Å². The van der Waals surface area contributed by atoms with Gasteiger partial charge in [0.05, 0.1) is 0 Å². The molecule has 0 bridgehead atoms. The van der Waals surface area contributed by atoms with Crippen LogP contribution in [0.25, 0.3) is 0 Å². The van der Waals surface area contributed by atoms with E-state index in [1.807, 2.05) is 0 Å². The zero-order valence-corrected chi connectivity index (χ0v) is 45.8. The summed E-state index contributed by atoms with van der Waals surface area (Å²) in [6, 6.07) is 0. The first kappa shape index (κ1) is 66.3. The van der Waals surface area contributed by atoms with Gasteiger partial charge in [-0.05, 0) is 96.3 Å². The number of carbonyl (C=O) groups excluding carboxylic acids is 3. The summed E-state index contributed by atoms with van der Waals surface area (Å²) in [5.74, 6) is -0.970. The Bertz CT molecular complexity index is 1400. The Balaban J connectivity index is 4.47. The number of hydrogen-bond donors (Lipinski definition) is 0. The molecule has 0 aliphatic carbocycles. The summed E-state index contributed by atoms with van der Waals surface area (Å²) >= 11 is 0. The molecule has 0 heterocycles. The minimum absolute atomic E-state index is 0.103. The van der Waals surface area contributed by atoms with Crippen molar-refractivity contribution in [1.29, 1.82) is 0 Å². The molecule has 6 heteroatoms. The van der Waals surface area contributed by atoms with E-state index < -0.39 is 6.10 Å². The van der Waals surface area contributed by atoms with E-state index in [0.29, 0.717) is 19.3 Å². The van der Waals surface area contributed by atoms with Gasteiger partial charge in [-0.1, -0.05) is 253 Å². The number of ether oxygens (including phenoxy) is 3. The van der Waals surface area contributed by atoms with Crippen LogP contribution in [0.3, 0.4) is 0 Å². The second-order valence-electron chi connectivity index (χ2n) is 19.2. The fourth-order valence-corrected chi connectivity index (χ4v) is 7.96. The molecule has 0 aliphatic heterocycles. The fourth-order valence-electron chi connectivity index (χ4n) is 7.96. The Morgan fingerprint density at radius 1 is 0.300 bits per heavy atom. The molecule has 0 amide bonds. The molecule has 400 valence electrons. The lowest BCUT2D eigenvalue weighted by Gasteiger charge is -2.18. The molecule has 0 saturated carbocycles. The van der Waals surface area contributed by atoms with Crippen LogP contribution >= 0.6 is 0 Å². The number of carbonyl (C=O) groups is 3. The van der Waals surface area contributed by atoms with Crippen LogP contribution in [0.15, 0.2) is 97.2 Å². The summed E-state index contributed by atoms with van der Waals surface area (Å²) in [6.45, 7) is 6.47. The third kappa shape index (κ3) is 55.3. The second kappa shape index (κ2) is 57.9. The highest BCUT2D eigenvalue weighted by molar-refractivity contribution is 5.71. The second-order valence-corrected chi connectivity index (χ2v) is 19.2.